The summed E-state index contributed by atoms with van der Waals surface area (Å²) in [5.74, 6) is -0.340. The van der Waals surface area contributed by atoms with Crippen molar-refractivity contribution in [1.29, 1.82) is 0 Å². The zero-order valence-electron chi connectivity index (χ0n) is 6.52. The summed E-state index contributed by atoms with van der Waals surface area (Å²) in [7, 11) is 0. The van der Waals surface area contributed by atoms with Gasteiger partial charge >= 0.3 is 0 Å². The van der Waals surface area contributed by atoms with Crippen molar-refractivity contribution in [3.63, 3.8) is 0 Å². The van der Waals surface area contributed by atoms with Crippen LogP contribution in [0.3, 0.4) is 0 Å². The first kappa shape index (κ1) is 7.88. The van der Waals surface area contributed by atoms with E-state index in [0.29, 0.717) is 5.69 Å². The van der Waals surface area contributed by atoms with E-state index in [1.807, 2.05) is 0 Å². The standard InChI is InChI=1S/C8H7NO4/c10-4-1-2-5-6(3-4)13-8(12)7(11)9-5/h1-3,8,10,12H,(H,9,11)/t8-/m1/s1. The molecule has 5 nitrogen and oxygen atoms in total. The number of amides is 1. The van der Waals surface area contributed by atoms with Gasteiger partial charge in [-0.15, -0.1) is 0 Å². The largest absolute Gasteiger partial charge is 0.508 e. The molecule has 0 fully saturated rings. The van der Waals surface area contributed by atoms with Crippen LogP contribution < -0.4 is 10.1 Å². The number of fused-ring (bicyclic) bond motifs is 1. The minimum absolute atomic E-state index is 0.0158. The molecule has 1 aliphatic heterocycles. The first-order valence-corrected chi connectivity index (χ1v) is 3.65. The summed E-state index contributed by atoms with van der Waals surface area (Å²) in [6, 6.07) is 4.23. The molecule has 0 bridgehead atoms. The third-order valence-corrected chi connectivity index (χ3v) is 1.69. The van der Waals surface area contributed by atoms with E-state index < -0.39 is 12.2 Å². The molecule has 0 aliphatic carbocycles. The van der Waals surface area contributed by atoms with Crippen LogP contribution in [0.5, 0.6) is 11.5 Å². The van der Waals surface area contributed by atoms with Crippen LogP contribution in [0.1, 0.15) is 0 Å². The van der Waals surface area contributed by atoms with Crippen molar-refractivity contribution in [2.75, 3.05) is 5.32 Å². The first-order chi connectivity index (χ1) is 6.16. The predicted octanol–water partition coefficient (Wildman–Crippen LogP) is 0.0415. The SMILES string of the molecule is O=C1Nc2ccc(O)cc2O[C@H]1O. The van der Waals surface area contributed by atoms with Crippen molar-refractivity contribution in [2.45, 2.75) is 6.29 Å². The Morgan fingerprint density at radius 1 is 1.46 bits per heavy atom. The van der Waals surface area contributed by atoms with Crippen molar-refractivity contribution in [2.24, 2.45) is 0 Å². The van der Waals surface area contributed by atoms with Gasteiger partial charge in [0.25, 0.3) is 12.2 Å². The van der Waals surface area contributed by atoms with E-state index in [-0.39, 0.29) is 11.5 Å². The Hall–Kier alpha value is -1.75. The zero-order chi connectivity index (χ0) is 9.42. The quantitative estimate of drug-likeness (QED) is 0.494. The van der Waals surface area contributed by atoms with Crippen LogP contribution in [0.25, 0.3) is 0 Å². The van der Waals surface area contributed by atoms with E-state index in [1.54, 1.807) is 0 Å². The Bertz CT molecular complexity index is 363. The van der Waals surface area contributed by atoms with E-state index in [9.17, 15) is 4.79 Å². The van der Waals surface area contributed by atoms with Gasteiger partial charge in [0.15, 0.2) is 5.75 Å². The third-order valence-electron chi connectivity index (χ3n) is 1.69. The van der Waals surface area contributed by atoms with Crippen molar-refractivity contribution in [3.8, 4) is 11.5 Å². The maximum Gasteiger partial charge on any atom is 0.293 e. The van der Waals surface area contributed by atoms with Gasteiger partial charge in [0, 0.05) is 6.07 Å². The van der Waals surface area contributed by atoms with Crippen molar-refractivity contribution in [3.05, 3.63) is 18.2 Å². The van der Waals surface area contributed by atoms with E-state index in [2.05, 4.69) is 5.32 Å². The van der Waals surface area contributed by atoms with Crippen molar-refractivity contribution < 1.29 is 19.7 Å². The minimum atomic E-state index is -1.51. The molecule has 2 rings (SSSR count). The van der Waals surface area contributed by atoms with Crippen molar-refractivity contribution in [1.82, 2.24) is 0 Å². The van der Waals surface area contributed by atoms with Crippen LogP contribution in [0.15, 0.2) is 18.2 Å². The monoisotopic (exact) mass is 181 g/mol. The van der Waals surface area contributed by atoms with Gasteiger partial charge in [0.05, 0.1) is 5.69 Å². The molecule has 0 saturated heterocycles. The number of phenolic OH excluding ortho intramolecular Hbond substituents is 1. The number of nitrogens with one attached hydrogen (secondary N) is 1. The molecule has 1 aromatic carbocycles. The molecule has 1 aromatic rings. The van der Waals surface area contributed by atoms with Gasteiger partial charge in [-0.2, -0.15) is 0 Å². The number of carbonyl (C=O) groups excluding carboxylic acids is 1. The number of carbonyl (C=O) groups is 1. The minimum Gasteiger partial charge on any atom is -0.508 e. The molecular formula is C8H7NO4. The predicted molar refractivity (Wildman–Crippen MR) is 43.4 cm³/mol. The van der Waals surface area contributed by atoms with E-state index >= 15 is 0 Å². The second-order valence-electron chi connectivity index (χ2n) is 2.64. The van der Waals surface area contributed by atoms with Crippen LogP contribution in [-0.2, 0) is 4.79 Å². The summed E-state index contributed by atoms with van der Waals surface area (Å²) in [4.78, 5) is 10.9. The Morgan fingerprint density at radius 3 is 3.00 bits per heavy atom. The molecule has 1 amide bonds. The highest BCUT2D eigenvalue weighted by molar-refractivity contribution is 5.96. The molecule has 1 aliphatic rings. The van der Waals surface area contributed by atoms with Gasteiger partial charge < -0.3 is 20.3 Å². The van der Waals surface area contributed by atoms with Gasteiger partial charge in [-0.25, -0.2) is 0 Å². The number of anilines is 1. The number of aromatic hydroxyl groups is 1. The van der Waals surface area contributed by atoms with Crippen LogP contribution in [0.2, 0.25) is 0 Å². The Labute approximate surface area is 73.6 Å². The lowest BCUT2D eigenvalue weighted by atomic mass is 10.2. The summed E-state index contributed by atoms with van der Waals surface area (Å²) >= 11 is 0. The van der Waals surface area contributed by atoms with E-state index in [4.69, 9.17) is 14.9 Å². The summed E-state index contributed by atoms with van der Waals surface area (Å²) in [5, 5.41) is 20.5. The highest BCUT2D eigenvalue weighted by Gasteiger charge is 2.25. The lowest BCUT2D eigenvalue weighted by Gasteiger charge is -2.21. The lowest BCUT2D eigenvalue weighted by molar-refractivity contribution is -0.139. The van der Waals surface area contributed by atoms with E-state index in [1.165, 1.54) is 18.2 Å². The second-order valence-corrected chi connectivity index (χ2v) is 2.64. The maximum atomic E-state index is 10.9. The van der Waals surface area contributed by atoms with Gasteiger partial charge in [-0.05, 0) is 12.1 Å². The normalized spacial score (nSPS) is 20.1. The number of phenols is 1. The smallest absolute Gasteiger partial charge is 0.293 e. The molecule has 1 heterocycles. The Balaban J connectivity index is 2.42. The summed E-state index contributed by atoms with van der Waals surface area (Å²) in [6.45, 7) is 0. The fourth-order valence-electron chi connectivity index (χ4n) is 1.08. The average Bonchev–Trinajstić information content (AvgIpc) is 2.08. The number of rotatable bonds is 0. The number of ether oxygens (including phenoxy) is 1. The fraction of sp³-hybridized carbons (Fsp3) is 0.125. The number of hydrogen-bond acceptors (Lipinski definition) is 4. The van der Waals surface area contributed by atoms with Gasteiger partial charge in [-0.1, -0.05) is 0 Å². The molecule has 1 atom stereocenters. The number of benzene rings is 1. The van der Waals surface area contributed by atoms with Crippen LogP contribution in [-0.4, -0.2) is 22.4 Å². The fourth-order valence-corrected chi connectivity index (χ4v) is 1.08. The van der Waals surface area contributed by atoms with Gasteiger partial charge in [0.2, 0.25) is 0 Å². The summed E-state index contributed by atoms with van der Waals surface area (Å²) < 4.78 is 4.81. The van der Waals surface area contributed by atoms with Gasteiger partial charge in [0.1, 0.15) is 5.75 Å². The average molecular weight is 181 g/mol. The molecule has 13 heavy (non-hydrogen) atoms. The first-order valence-electron chi connectivity index (χ1n) is 3.65. The summed E-state index contributed by atoms with van der Waals surface area (Å²) in [5.41, 5.74) is 0.438. The maximum absolute atomic E-state index is 10.9. The number of aliphatic hydroxyl groups excluding tert-OH is 1. The molecule has 0 saturated carbocycles. The molecular weight excluding hydrogens is 174 g/mol. The molecule has 0 spiro atoms. The molecule has 0 aromatic heterocycles. The van der Waals surface area contributed by atoms with Crippen LogP contribution in [0, 0.1) is 0 Å². The number of aliphatic hydroxyl groups is 1. The zero-order valence-corrected chi connectivity index (χ0v) is 6.52. The highest BCUT2D eigenvalue weighted by Crippen LogP contribution is 2.31. The van der Waals surface area contributed by atoms with Crippen LogP contribution >= 0.6 is 0 Å². The van der Waals surface area contributed by atoms with Crippen molar-refractivity contribution >= 4 is 11.6 Å². The molecule has 3 N–H and O–H groups in total. The highest BCUT2D eigenvalue weighted by atomic mass is 16.6. The molecule has 68 valence electrons. The molecule has 0 radical (unpaired) electrons. The third kappa shape index (κ3) is 1.29. The van der Waals surface area contributed by atoms with Crippen LogP contribution in [0.4, 0.5) is 5.69 Å². The van der Waals surface area contributed by atoms with E-state index in [0.717, 1.165) is 0 Å². The topological polar surface area (TPSA) is 78.8 Å². The number of hydrogen-bond donors (Lipinski definition) is 3. The van der Waals surface area contributed by atoms with Gasteiger partial charge in [-0.3, -0.25) is 4.79 Å². The molecule has 5 heteroatoms. The second kappa shape index (κ2) is 2.63. The molecule has 0 unspecified atom stereocenters. The lowest BCUT2D eigenvalue weighted by Crippen LogP contribution is -2.36. The Morgan fingerprint density at radius 2 is 2.23 bits per heavy atom. The Kier molecular flexibility index (Phi) is 1.60. The summed E-state index contributed by atoms with van der Waals surface area (Å²) in [6.07, 6.45) is -1.51.